The molecule has 4 N–H and O–H groups in total. The second kappa shape index (κ2) is 9.02. The van der Waals surface area contributed by atoms with Gasteiger partial charge in [-0.15, -0.1) is 6.42 Å². The molecule has 2 aromatic heterocycles. The number of hydrogen-bond acceptors (Lipinski definition) is 8. The molecule has 0 aromatic carbocycles. The summed E-state index contributed by atoms with van der Waals surface area (Å²) < 4.78 is 12.7. The molecule has 1 fully saturated rings. The predicted molar refractivity (Wildman–Crippen MR) is 130 cm³/mol. The van der Waals surface area contributed by atoms with Crippen molar-refractivity contribution in [1.29, 1.82) is 0 Å². The first kappa shape index (κ1) is 22.3. The third kappa shape index (κ3) is 4.33. The number of carbonyl (C=O) groups excluding carboxylic acids is 1. The van der Waals surface area contributed by atoms with Crippen molar-refractivity contribution >= 4 is 34.2 Å². The largest absolute Gasteiger partial charge is 0.362 e. The molecular formula is C23H26N8O2S. The number of nitrogens with two attached hydrogens (primary N) is 1. The van der Waals surface area contributed by atoms with Crippen molar-refractivity contribution in [2.75, 3.05) is 35.6 Å². The Morgan fingerprint density at radius 3 is 2.68 bits per heavy atom. The number of anilines is 2. The van der Waals surface area contributed by atoms with Crippen molar-refractivity contribution in [3.63, 3.8) is 0 Å². The van der Waals surface area contributed by atoms with Gasteiger partial charge in [-0.2, -0.15) is 4.98 Å². The summed E-state index contributed by atoms with van der Waals surface area (Å²) in [5.41, 5.74) is 7.50. The predicted octanol–water partition coefficient (Wildman–Crippen LogP) is 1.21. The average molecular weight is 479 g/mol. The van der Waals surface area contributed by atoms with Gasteiger partial charge in [0, 0.05) is 44.2 Å². The Bertz CT molecular complexity index is 1220. The zero-order valence-electron chi connectivity index (χ0n) is 18.7. The van der Waals surface area contributed by atoms with Gasteiger partial charge in [0.25, 0.3) is 0 Å². The Kier molecular flexibility index (Phi) is 5.91. The van der Waals surface area contributed by atoms with Crippen molar-refractivity contribution in [1.82, 2.24) is 25.3 Å². The molecule has 3 aliphatic rings. The Hall–Kier alpha value is -3.52. The quantitative estimate of drug-likeness (QED) is 0.527. The zero-order valence-corrected chi connectivity index (χ0v) is 19.5. The van der Waals surface area contributed by atoms with Crippen LogP contribution in [0.15, 0.2) is 23.4 Å². The highest BCUT2D eigenvalue weighted by Gasteiger charge is 2.39. The zero-order chi connectivity index (χ0) is 23.7. The van der Waals surface area contributed by atoms with Crippen LogP contribution >= 0.6 is 0 Å². The van der Waals surface area contributed by atoms with E-state index in [0.717, 1.165) is 37.0 Å². The van der Waals surface area contributed by atoms with E-state index in [9.17, 15) is 9.00 Å². The fourth-order valence-corrected chi connectivity index (χ4v) is 5.80. The topological polar surface area (TPSA) is 139 Å². The number of primary amides is 1. The number of fused-ring (bicyclic) bond motifs is 1. The summed E-state index contributed by atoms with van der Waals surface area (Å²) in [5, 5.41) is 6.22. The van der Waals surface area contributed by atoms with Crippen LogP contribution in [0.2, 0.25) is 0 Å². The fourth-order valence-electron chi connectivity index (χ4n) is 4.49. The number of nitrogens with zero attached hydrogens (tertiary/aromatic N) is 5. The van der Waals surface area contributed by atoms with Crippen LogP contribution in [0, 0.1) is 12.3 Å². The number of nitrogens with one attached hydrogen (secondary N) is 2. The summed E-state index contributed by atoms with van der Waals surface area (Å²) in [4.78, 5) is 32.4. The third-order valence-electron chi connectivity index (χ3n) is 6.57. The molecule has 2 amide bonds. The summed E-state index contributed by atoms with van der Waals surface area (Å²) >= 11 is 0. The maximum atomic E-state index is 12.7. The van der Waals surface area contributed by atoms with Gasteiger partial charge in [0.05, 0.1) is 27.6 Å². The van der Waals surface area contributed by atoms with Gasteiger partial charge in [-0.05, 0) is 31.3 Å². The lowest BCUT2D eigenvalue weighted by Crippen LogP contribution is -2.54. The normalized spacial score (nSPS) is 20.5. The standard InChI is InChI=1S/C23H26N8O2S/c1-2-15-12-25-19(26-13-15)16-4-9-31(10-5-16)22-28-17-6-11-34(33)18(17)20(29-22)30-23(7-3-8-23)14-27-21(24)32/h1,4,12-13H,3,5-11,14H2,(H3,24,27,32)(H,28,29,30). The van der Waals surface area contributed by atoms with Crippen LogP contribution in [-0.4, -0.2) is 61.1 Å². The number of carbonyl (C=O) groups is 1. The number of urea groups is 1. The molecular weight excluding hydrogens is 452 g/mol. The first-order chi connectivity index (χ1) is 16.5. The van der Waals surface area contributed by atoms with Crippen LogP contribution < -0.4 is 21.3 Å². The van der Waals surface area contributed by atoms with Gasteiger partial charge in [0.15, 0.2) is 5.82 Å². The smallest absolute Gasteiger partial charge is 0.312 e. The summed E-state index contributed by atoms with van der Waals surface area (Å²) in [5.74, 6) is 4.96. The number of aryl methyl sites for hydroxylation is 1. The van der Waals surface area contributed by atoms with E-state index in [1.54, 1.807) is 12.4 Å². The van der Waals surface area contributed by atoms with Gasteiger partial charge < -0.3 is 21.3 Å². The minimum atomic E-state index is -1.14. The van der Waals surface area contributed by atoms with Gasteiger partial charge in [-0.3, -0.25) is 4.21 Å². The summed E-state index contributed by atoms with van der Waals surface area (Å²) in [6.45, 7) is 1.73. The van der Waals surface area contributed by atoms with Crippen LogP contribution in [0.3, 0.4) is 0 Å². The first-order valence-electron chi connectivity index (χ1n) is 11.3. The van der Waals surface area contributed by atoms with Crippen molar-refractivity contribution in [3.8, 4) is 12.3 Å². The molecule has 0 spiro atoms. The van der Waals surface area contributed by atoms with E-state index in [1.807, 2.05) is 0 Å². The third-order valence-corrected chi connectivity index (χ3v) is 8.03. The molecule has 11 heteroatoms. The van der Waals surface area contributed by atoms with Crippen molar-refractivity contribution in [2.24, 2.45) is 5.73 Å². The Labute approximate surface area is 200 Å². The molecule has 176 valence electrons. The van der Waals surface area contributed by atoms with E-state index < -0.39 is 16.8 Å². The number of rotatable bonds is 6. The lowest BCUT2D eigenvalue weighted by molar-refractivity contribution is 0.233. The molecule has 1 atom stereocenters. The van der Waals surface area contributed by atoms with E-state index in [1.165, 1.54) is 0 Å². The Balaban J connectivity index is 1.39. The Morgan fingerprint density at radius 2 is 2.06 bits per heavy atom. The number of terminal acetylenes is 1. The van der Waals surface area contributed by atoms with Crippen molar-refractivity contribution < 1.29 is 9.00 Å². The van der Waals surface area contributed by atoms with E-state index in [4.69, 9.17) is 22.1 Å². The molecule has 2 aromatic rings. The minimum Gasteiger partial charge on any atom is -0.362 e. The summed E-state index contributed by atoms with van der Waals surface area (Å²) in [7, 11) is -1.14. The highest BCUT2D eigenvalue weighted by Crippen LogP contribution is 2.38. The highest BCUT2D eigenvalue weighted by atomic mass is 32.2. The SMILES string of the molecule is C#Cc1cnc(C2=CCN(c3nc4c(c(NC5(CNC(N)=O)CCC5)n3)S(=O)CC4)CC2)nc1. The minimum absolute atomic E-state index is 0.335. The average Bonchev–Trinajstić information content (AvgIpc) is 3.21. The number of amides is 2. The molecule has 2 aliphatic heterocycles. The maximum Gasteiger partial charge on any atom is 0.312 e. The molecule has 5 rings (SSSR count). The van der Waals surface area contributed by atoms with Gasteiger partial charge in [0.1, 0.15) is 10.7 Å². The van der Waals surface area contributed by atoms with Crippen LogP contribution in [0.1, 0.15) is 42.8 Å². The number of hydrogen-bond donors (Lipinski definition) is 3. The summed E-state index contributed by atoms with van der Waals surface area (Å²) in [6.07, 6.45) is 15.0. The van der Waals surface area contributed by atoms with E-state index in [0.29, 0.717) is 59.9 Å². The summed E-state index contributed by atoms with van der Waals surface area (Å²) in [6, 6.07) is -0.556. The molecule has 10 nitrogen and oxygen atoms in total. The molecule has 0 bridgehead atoms. The highest BCUT2D eigenvalue weighted by molar-refractivity contribution is 7.85. The van der Waals surface area contributed by atoms with Crippen LogP contribution in [0.4, 0.5) is 16.6 Å². The van der Waals surface area contributed by atoms with Gasteiger partial charge in [-0.25, -0.2) is 19.7 Å². The molecule has 1 aliphatic carbocycles. The lowest BCUT2D eigenvalue weighted by atomic mass is 9.76. The van der Waals surface area contributed by atoms with Crippen molar-refractivity contribution in [3.05, 3.63) is 35.6 Å². The fraction of sp³-hybridized carbons (Fsp3) is 0.435. The lowest BCUT2D eigenvalue weighted by Gasteiger charge is -2.43. The molecule has 34 heavy (non-hydrogen) atoms. The maximum absolute atomic E-state index is 12.7. The second-order valence-electron chi connectivity index (χ2n) is 8.79. The van der Waals surface area contributed by atoms with E-state index >= 15 is 0 Å². The number of aromatic nitrogens is 4. The van der Waals surface area contributed by atoms with E-state index in [2.05, 4.69) is 37.5 Å². The van der Waals surface area contributed by atoms with Gasteiger partial charge in [-0.1, -0.05) is 12.0 Å². The second-order valence-corrected chi connectivity index (χ2v) is 10.3. The van der Waals surface area contributed by atoms with E-state index in [-0.39, 0.29) is 5.54 Å². The van der Waals surface area contributed by atoms with Gasteiger partial charge in [0.2, 0.25) is 5.95 Å². The first-order valence-corrected chi connectivity index (χ1v) is 12.6. The molecule has 1 unspecified atom stereocenters. The monoisotopic (exact) mass is 478 g/mol. The molecule has 4 heterocycles. The molecule has 0 radical (unpaired) electrons. The van der Waals surface area contributed by atoms with Crippen LogP contribution in [-0.2, 0) is 17.2 Å². The van der Waals surface area contributed by atoms with Crippen LogP contribution in [0.25, 0.3) is 5.57 Å². The molecule has 1 saturated carbocycles. The Morgan fingerprint density at radius 1 is 1.26 bits per heavy atom. The van der Waals surface area contributed by atoms with Crippen molar-refractivity contribution in [2.45, 2.75) is 42.5 Å². The molecule has 0 saturated heterocycles. The van der Waals surface area contributed by atoms with Gasteiger partial charge >= 0.3 is 6.03 Å². The van der Waals surface area contributed by atoms with Crippen LogP contribution in [0.5, 0.6) is 0 Å².